The molecule has 0 aliphatic heterocycles. The van der Waals surface area contributed by atoms with Crippen LogP contribution in [0.1, 0.15) is 25.3 Å². The van der Waals surface area contributed by atoms with Gasteiger partial charge >= 0.3 is 0 Å². The minimum absolute atomic E-state index is 0.920. The standard InChI is InChI=1S/C13H16BrN3S2/c1-2-3-7-15-12-16-17-13(19-12)18-9-10-5-4-6-11(14)8-10/h4-6,8H,2-3,7,9H2,1H3,(H,15,16). The summed E-state index contributed by atoms with van der Waals surface area (Å²) in [4.78, 5) is 0. The number of nitrogens with zero attached hydrogens (tertiary/aromatic N) is 2. The van der Waals surface area contributed by atoms with Crippen LogP contribution in [-0.4, -0.2) is 16.7 Å². The molecular formula is C13H16BrN3S2. The SMILES string of the molecule is CCCCNc1nnc(SCc2cccc(Br)c2)s1. The minimum Gasteiger partial charge on any atom is -0.360 e. The van der Waals surface area contributed by atoms with Crippen LogP contribution in [0, 0.1) is 0 Å². The highest BCUT2D eigenvalue weighted by Gasteiger charge is 2.04. The van der Waals surface area contributed by atoms with Crippen molar-refractivity contribution in [2.24, 2.45) is 0 Å². The maximum absolute atomic E-state index is 4.19. The molecule has 1 aromatic carbocycles. The molecule has 6 heteroatoms. The van der Waals surface area contributed by atoms with Gasteiger partial charge in [0.05, 0.1) is 0 Å². The first-order chi connectivity index (χ1) is 9.28. The summed E-state index contributed by atoms with van der Waals surface area (Å²) >= 11 is 6.83. The quantitative estimate of drug-likeness (QED) is 0.570. The number of nitrogens with one attached hydrogen (secondary N) is 1. The maximum Gasteiger partial charge on any atom is 0.206 e. The van der Waals surface area contributed by atoms with E-state index in [9.17, 15) is 0 Å². The van der Waals surface area contributed by atoms with Gasteiger partial charge in [-0.25, -0.2) is 0 Å². The Morgan fingerprint density at radius 3 is 3.05 bits per heavy atom. The number of hydrogen-bond acceptors (Lipinski definition) is 5. The van der Waals surface area contributed by atoms with E-state index in [0.717, 1.165) is 26.2 Å². The van der Waals surface area contributed by atoms with Crippen molar-refractivity contribution in [3.05, 3.63) is 34.3 Å². The van der Waals surface area contributed by atoms with E-state index in [4.69, 9.17) is 0 Å². The van der Waals surface area contributed by atoms with Crippen LogP contribution in [0.4, 0.5) is 5.13 Å². The average Bonchev–Trinajstić information content (AvgIpc) is 2.85. The lowest BCUT2D eigenvalue weighted by Gasteiger charge is -1.99. The molecule has 0 saturated heterocycles. The van der Waals surface area contributed by atoms with Crippen LogP contribution in [-0.2, 0) is 5.75 Å². The Bertz CT molecular complexity index is 516. The van der Waals surface area contributed by atoms with E-state index >= 15 is 0 Å². The fourth-order valence-corrected chi connectivity index (χ4v) is 3.65. The molecule has 1 N–H and O–H groups in total. The Labute approximate surface area is 130 Å². The van der Waals surface area contributed by atoms with Crippen LogP contribution in [0.25, 0.3) is 0 Å². The monoisotopic (exact) mass is 357 g/mol. The summed E-state index contributed by atoms with van der Waals surface area (Å²) in [6.07, 6.45) is 2.36. The molecule has 2 rings (SSSR count). The lowest BCUT2D eigenvalue weighted by molar-refractivity contribution is 0.830. The van der Waals surface area contributed by atoms with E-state index in [0.29, 0.717) is 0 Å². The van der Waals surface area contributed by atoms with E-state index < -0.39 is 0 Å². The number of anilines is 1. The summed E-state index contributed by atoms with van der Waals surface area (Å²) in [6.45, 7) is 3.16. The van der Waals surface area contributed by atoms with Crippen LogP contribution >= 0.6 is 39.0 Å². The summed E-state index contributed by atoms with van der Waals surface area (Å²) in [5.41, 5.74) is 1.29. The van der Waals surface area contributed by atoms with Crippen molar-refractivity contribution in [1.82, 2.24) is 10.2 Å². The van der Waals surface area contributed by atoms with Crippen molar-refractivity contribution in [3.8, 4) is 0 Å². The van der Waals surface area contributed by atoms with Gasteiger partial charge in [0.15, 0.2) is 4.34 Å². The molecule has 0 aliphatic carbocycles. The Balaban J connectivity index is 1.83. The molecule has 0 unspecified atom stereocenters. The number of halogens is 1. The van der Waals surface area contributed by atoms with Crippen molar-refractivity contribution in [1.29, 1.82) is 0 Å². The molecule has 3 nitrogen and oxygen atoms in total. The highest BCUT2D eigenvalue weighted by atomic mass is 79.9. The zero-order valence-electron chi connectivity index (χ0n) is 10.7. The molecule has 0 radical (unpaired) electrons. The predicted molar refractivity (Wildman–Crippen MR) is 87.0 cm³/mol. The second-order valence-electron chi connectivity index (χ2n) is 4.07. The van der Waals surface area contributed by atoms with Crippen molar-refractivity contribution >= 4 is 44.2 Å². The number of benzene rings is 1. The van der Waals surface area contributed by atoms with Gasteiger partial charge in [-0.05, 0) is 24.1 Å². The normalized spacial score (nSPS) is 10.6. The third-order valence-electron chi connectivity index (χ3n) is 2.46. The number of aromatic nitrogens is 2. The van der Waals surface area contributed by atoms with Crippen LogP contribution < -0.4 is 5.32 Å². The lowest BCUT2D eigenvalue weighted by atomic mass is 10.2. The fraction of sp³-hybridized carbons (Fsp3) is 0.385. The summed E-state index contributed by atoms with van der Waals surface area (Å²) < 4.78 is 2.13. The summed E-state index contributed by atoms with van der Waals surface area (Å²) in [7, 11) is 0. The number of thioether (sulfide) groups is 1. The second-order valence-corrected chi connectivity index (χ2v) is 7.19. The highest BCUT2D eigenvalue weighted by Crippen LogP contribution is 2.28. The number of hydrogen-bond donors (Lipinski definition) is 1. The molecule has 2 aromatic rings. The van der Waals surface area contributed by atoms with Gasteiger partial charge in [0.1, 0.15) is 0 Å². The summed E-state index contributed by atoms with van der Waals surface area (Å²) in [5.74, 6) is 0.920. The molecular weight excluding hydrogens is 342 g/mol. The summed E-state index contributed by atoms with van der Waals surface area (Å²) in [6, 6.07) is 8.35. The Hall–Kier alpha value is -0.590. The van der Waals surface area contributed by atoms with Crippen LogP contribution in [0.15, 0.2) is 33.1 Å². The van der Waals surface area contributed by atoms with Gasteiger partial charge in [-0.1, -0.05) is 64.5 Å². The largest absolute Gasteiger partial charge is 0.360 e. The molecule has 0 amide bonds. The van der Waals surface area contributed by atoms with E-state index in [1.54, 1.807) is 23.1 Å². The molecule has 19 heavy (non-hydrogen) atoms. The predicted octanol–water partition coefficient (Wildman–Crippen LogP) is 4.80. The first-order valence-corrected chi connectivity index (χ1v) is 8.82. The van der Waals surface area contributed by atoms with Gasteiger partial charge in [-0.3, -0.25) is 0 Å². The Morgan fingerprint density at radius 2 is 2.26 bits per heavy atom. The number of rotatable bonds is 7. The van der Waals surface area contributed by atoms with Gasteiger partial charge < -0.3 is 5.32 Å². The Kier molecular flexibility index (Phi) is 6.13. The maximum atomic E-state index is 4.19. The van der Waals surface area contributed by atoms with E-state index in [-0.39, 0.29) is 0 Å². The highest BCUT2D eigenvalue weighted by molar-refractivity contribution is 9.10. The molecule has 0 fully saturated rings. The molecule has 1 heterocycles. The second kappa shape index (κ2) is 7.87. The molecule has 0 saturated carbocycles. The van der Waals surface area contributed by atoms with Gasteiger partial charge in [0.2, 0.25) is 5.13 Å². The van der Waals surface area contributed by atoms with E-state index in [2.05, 4.69) is 56.6 Å². The zero-order valence-corrected chi connectivity index (χ0v) is 13.9. The third kappa shape index (κ3) is 5.12. The topological polar surface area (TPSA) is 37.8 Å². The van der Waals surface area contributed by atoms with Crippen molar-refractivity contribution in [3.63, 3.8) is 0 Å². The molecule has 0 aliphatic rings. The van der Waals surface area contributed by atoms with Gasteiger partial charge in [0, 0.05) is 16.8 Å². The molecule has 0 atom stereocenters. The van der Waals surface area contributed by atoms with Crippen molar-refractivity contribution in [2.45, 2.75) is 29.9 Å². The first-order valence-electron chi connectivity index (χ1n) is 6.22. The van der Waals surface area contributed by atoms with Crippen molar-refractivity contribution in [2.75, 3.05) is 11.9 Å². The van der Waals surface area contributed by atoms with E-state index in [1.807, 2.05) is 6.07 Å². The molecule has 1 aromatic heterocycles. The molecule has 0 spiro atoms. The van der Waals surface area contributed by atoms with Gasteiger partial charge in [-0.15, -0.1) is 10.2 Å². The molecule has 0 bridgehead atoms. The van der Waals surface area contributed by atoms with Crippen LogP contribution in [0.3, 0.4) is 0 Å². The van der Waals surface area contributed by atoms with Crippen LogP contribution in [0.5, 0.6) is 0 Å². The smallest absolute Gasteiger partial charge is 0.206 e. The van der Waals surface area contributed by atoms with Gasteiger partial charge in [0.25, 0.3) is 0 Å². The molecule has 102 valence electrons. The Morgan fingerprint density at radius 1 is 1.37 bits per heavy atom. The fourth-order valence-electron chi connectivity index (χ4n) is 1.48. The minimum atomic E-state index is 0.920. The van der Waals surface area contributed by atoms with Crippen molar-refractivity contribution < 1.29 is 0 Å². The average molecular weight is 358 g/mol. The third-order valence-corrected chi connectivity index (χ3v) is 5.04. The summed E-state index contributed by atoms with van der Waals surface area (Å²) in [5, 5.41) is 12.6. The van der Waals surface area contributed by atoms with E-state index in [1.165, 1.54) is 18.4 Å². The number of unbranched alkanes of at least 4 members (excludes halogenated alkanes) is 1. The van der Waals surface area contributed by atoms with Crippen LogP contribution in [0.2, 0.25) is 0 Å². The lowest BCUT2D eigenvalue weighted by Crippen LogP contribution is -1.99. The first kappa shape index (κ1) is 14.8. The van der Waals surface area contributed by atoms with Gasteiger partial charge in [-0.2, -0.15) is 0 Å². The zero-order chi connectivity index (χ0) is 13.5.